The summed E-state index contributed by atoms with van der Waals surface area (Å²) in [6, 6.07) is 0.215. The van der Waals surface area contributed by atoms with Crippen LogP contribution in [0.1, 0.15) is 51.4 Å². The molecule has 0 atom stereocenters. The fourth-order valence-electron chi connectivity index (χ4n) is 2.55. The molecule has 1 aliphatic carbocycles. The van der Waals surface area contributed by atoms with Gasteiger partial charge in [-0.05, 0) is 38.5 Å². The molecule has 0 aromatic heterocycles. The summed E-state index contributed by atoms with van der Waals surface area (Å²) in [5.41, 5.74) is 0. The maximum absolute atomic E-state index is 11.9. The van der Waals surface area contributed by atoms with E-state index >= 15 is 0 Å². The van der Waals surface area contributed by atoms with E-state index in [2.05, 4.69) is 10.6 Å². The number of carbonyl (C=O) groups is 3. The number of carboxylic acid groups (broad SMARTS) is 1. The molecule has 0 saturated heterocycles. The summed E-state index contributed by atoms with van der Waals surface area (Å²) in [4.78, 5) is 32.6. The van der Waals surface area contributed by atoms with E-state index in [1.807, 2.05) is 0 Å². The predicted octanol–water partition coefficient (Wildman–Crippen LogP) is 1.05. The van der Waals surface area contributed by atoms with Gasteiger partial charge >= 0.3 is 5.97 Å². The van der Waals surface area contributed by atoms with Crippen molar-refractivity contribution in [2.75, 3.05) is 6.54 Å². The molecule has 0 aromatic carbocycles. The van der Waals surface area contributed by atoms with Gasteiger partial charge in [0.2, 0.25) is 12.3 Å². The average molecular weight is 284 g/mol. The molecule has 6 nitrogen and oxygen atoms in total. The van der Waals surface area contributed by atoms with Gasteiger partial charge < -0.3 is 15.7 Å². The zero-order valence-corrected chi connectivity index (χ0v) is 11.8. The maximum Gasteiger partial charge on any atom is 0.303 e. The molecule has 0 aromatic rings. The van der Waals surface area contributed by atoms with Gasteiger partial charge in [-0.2, -0.15) is 0 Å². The largest absolute Gasteiger partial charge is 0.481 e. The van der Waals surface area contributed by atoms with Crippen molar-refractivity contribution in [2.24, 2.45) is 5.92 Å². The van der Waals surface area contributed by atoms with Crippen molar-refractivity contribution >= 4 is 18.3 Å². The second-order valence-corrected chi connectivity index (χ2v) is 5.33. The van der Waals surface area contributed by atoms with Crippen LogP contribution in [0.15, 0.2) is 0 Å². The van der Waals surface area contributed by atoms with Crippen molar-refractivity contribution < 1.29 is 19.5 Å². The molecule has 114 valence electrons. The topological polar surface area (TPSA) is 95.5 Å². The molecule has 0 radical (unpaired) electrons. The molecule has 1 saturated carbocycles. The van der Waals surface area contributed by atoms with Crippen molar-refractivity contribution in [1.29, 1.82) is 0 Å². The van der Waals surface area contributed by atoms with Crippen LogP contribution in [0.25, 0.3) is 0 Å². The number of amides is 2. The Kier molecular flexibility index (Phi) is 7.69. The van der Waals surface area contributed by atoms with Crippen LogP contribution in [0.3, 0.4) is 0 Å². The molecule has 3 N–H and O–H groups in total. The van der Waals surface area contributed by atoms with E-state index in [1.54, 1.807) is 0 Å². The van der Waals surface area contributed by atoms with Crippen molar-refractivity contribution in [3.05, 3.63) is 0 Å². The fourth-order valence-corrected chi connectivity index (χ4v) is 2.55. The summed E-state index contributed by atoms with van der Waals surface area (Å²) in [6.07, 6.45) is 6.57. The van der Waals surface area contributed by atoms with Crippen LogP contribution in [-0.2, 0) is 14.4 Å². The molecule has 0 unspecified atom stereocenters. The monoisotopic (exact) mass is 284 g/mol. The van der Waals surface area contributed by atoms with Gasteiger partial charge in [-0.25, -0.2) is 0 Å². The van der Waals surface area contributed by atoms with Crippen molar-refractivity contribution in [1.82, 2.24) is 10.6 Å². The lowest BCUT2D eigenvalue weighted by Crippen LogP contribution is -2.38. The van der Waals surface area contributed by atoms with Crippen LogP contribution in [-0.4, -0.2) is 36.0 Å². The van der Waals surface area contributed by atoms with Gasteiger partial charge in [-0.1, -0.05) is 6.42 Å². The SMILES string of the molecule is O=CNC1CCC(C(=O)NCCCCCC(=O)O)CC1. The first-order valence-electron chi connectivity index (χ1n) is 7.32. The van der Waals surface area contributed by atoms with Gasteiger partial charge in [-0.3, -0.25) is 14.4 Å². The lowest BCUT2D eigenvalue weighted by atomic mass is 9.85. The van der Waals surface area contributed by atoms with E-state index < -0.39 is 5.97 Å². The summed E-state index contributed by atoms with van der Waals surface area (Å²) in [6.45, 7) is 0.616. The van der Waals surface area contributed by atoms with Gasteiger partial charge in [0.1, 0.15) is 0 Å². The Balaban J connectivity index is 2.05. The molecule has 1 fully saturated rings. The van der Waals surface area contributed by atoms with Crippen molar-refractivity contribution in [2.45, 2.75) is 57.4 Å². The minimum Gasteiger partial charge on any atom is -0.481 e. The lowest BCUT2D eigenvalue weighted by Gasteiger charge is -2.27. The molecule has 1 rings (SSSR count). The molecular formula is C14H24N2O4. The third-order valence-corrected chi connectivity index (χ3v) is 3.77. The molecule has 2 amide bonds. The third-order valence-electron chi connectivity index (χ3n) is 3.77. The summed E-state index contributed by atoms with van der Waals surface area (Å²) in [5, 5.41) is 14.2. The van der Waals surface area contributed by atoms with Crippen LogP contribution < -0.4 is 10.6 Å². The Hall–Kier alpha value is -1.59. The number of rotatable bonds is 9. The highest BCUT2D eigenvalue weighted by molar-refractivity contribution is 5.78. The number of aliphatic carboxylic acids is 1. The Bertz CT molecular complexity index is 325. The maximum atomic E-state index is 11.9. The summed E-state index contributed by atoms with van der Waals surface area (Å²) in [5.74, 6) is -0.624. The normalized spacial score (nSPS) is 22.0. The number of unbranched alkanes of at least 4 members (excludes halogenated alkanes) is 2. The summed E-state index contributed by atoms with van der Waals surface area (Å²) < 4.78 is 0. The van der Waals surface area contributed by atoms with Gasteiger partial charge in [-0.15, -0.1) is 0 Å². The second kappa shape index (κ2) is 9.34. The van der Waals surface area contributed by atoms with Crippen LogP contribution in [0.5, 0.6) is 0 Å². The van der Waals surface area contributed by atoms with Gasteiger partial charge in [0, 0.05) is 24.9 Å². The number of carboxylic acids is 1. The first kappa shape index (κ1) is 16.5. The standard InChI is InChI=1S/C14H24N2O4/c17-10-16-12-7-5-11(6-8-12)14(20)15-9-3-1-2-4-13(18)19/h10-12H,1-9H2,(H,15,20)(H,16,17)(H,18,19). The van der Waals surface area contributed by atoms with Crippen LogP contribution >= 0.6 is 0 Å². The van der Waals surface area contributed by atoms with Crippen LogP contribution in [0.4, 0.5) is 0 Å². The fraction of sp³-hybridized carbons (Fsp3) is 0.786. The molecule has 1 aliphatic rings. The number of hydrogen-bond donors (Lipinski definition) is 3. The second-order valence-electron chi connectivity index (χ2n) is 5.33. The first-order chi connectivity index (χ1) is 9.63. The average Bonchev–Trinajstić information content (AvgIpc) is 2.43. The Labute approximate surface area is 119 Å². The quantitative estimate of drug-likeness (QED) is 0.435. The highest BCUT2D eigenvalue weighted by Crippen LogP contribution is 2.24. The molecule has 0 aliphatic heterocycles. The summed E-state index contributed by atoms with van der Waals surface area (Å²) >= 11 is 0. The minimum atomic E-state index is -0.769. The third kappa shape index (κ3) is 6.54. The van der Waals surface area contributed by atoms with Crippen molar-refractivity contribution in [3.63, 3.8) is 0 Å². The van der Waals surface area contributed by atoms with Gasteiger partial charge in [0.05, 0.1) is 0 Å². The van der Waals surface area contributed by atoms with E-state index in [0.29, 0.717) is 13.0 Å². The zero-order chi connectivity index (χ0) is 14.8. The van der Waals surface area contributed by atoms with E-state index in [0.717, 1.165) is 44.9 Å². The van der Waals surface area contributed by atoms with Crippen LogP contribution in [0.2, 0.25) is 0 Å². The van der Waals surface area contributed by atoms with E-state index in [-0.39, 0.29) is 24.3 Å². The number of nitrogens with one attached hydrogen (secondary N) is 2. The molecule has 0 bridgehead atoms. The number of hydrogen-bond acceptors (Lipinski definition) is 3. The van der Waals surface area contributed by atoms with E-state index in [4.69, 9.17) is 5.11 Å². The lowest BCUT2D eigenvalue weighted by molar-refractivity contribution is -0.137. The smallest absolute Gasteiger partial charge is 0.303 e. The predicted molar refractivity (Wildman–Crippen MR) is 74.1 cm³/mol. The zero-order valence-electron chi connectivity index (χ0n) is 11.8. The molecule has 20 heavy (non-hydrogen) atoms. The molecule has 6 heteroatoms. The summed E-state index contributed by atoms with van der Waals surface area (Å²) in [7, 11) is 0. The Morgan fingerprint density at radius 3 is 2.40 bits per heavy atom. The Morgan fingerprint density at radius 2 is 1.80 bits per heavy atom. The Morgan fingerprint density at radius 1 is 1.10 bits per heavy atom. The highest BCUT2D eigenvalue weighted by atomic mass is 16.4. The van der Waals surface area contributed by atoms with Crippen molar-refractivity contribution in [3.8, 4) is 0 Å². The molecular weight excluding hydrogens is 260 g/mol. The highest BCUT2D eigenvalue weighted by Gasteiger charge is 2.25. The minimum absolute atomic E-state index is 0.0544. The first-order valence-corrected chi connectivity index (χ1v) is 7.32. The van der Waals surface area contributed by atoms with Gasteiger partial charge in [0.25, 0.3) is 0 Å². The van der Waals surface area contributed by atoms with E-state index in [1.165, 1.54) is 0 Å². The van der Waals surface area contributed by atoms with E-state index in [9.17, 15) is 14.4 Å². The molecule has 0 heterocycles. The van der Waals surface area contributed by atoms with Gasteiger partial charge in [0.15, 0.2) is 0 Å². The molecule has 0 spiro atoms. The van der Waals surface area contributed by atoms with Crippen LogP contribution in [0, 0.1) is 5.92 Å². The number of carbonyl (C=O) groups excluding carboxylic acids is 2.